The van der Waals surface area contributed by atoms with Crippen molar-refractivity contribution in [2.45, 2.75) is 12.7 Å². The molecule has 1 fully saturated rings. The zero-order chi connectivity index (χ0) is 22.3. The van der Waals surface area contributed by atoms with Crippen LogP contribution < -0.4 is 0 Å². The Morgan fingerprint density at radius 1 is 0.774 bits per heavy atom. The van der Waals surface area contributed by atoms with E-state index in [0.717, 1.165) is 17.7 Å². The molecule has 0 radical (unpaired) electrons. The first kappa shape index (κ1) is 23.9. The van der Waals surface area contributed by atoms with E-state index in [2.05, 4.69) is 31.9 Å². The summed E-state index contributed by atoms with van der Waals surface area (Å²) in [4.78, 5) is 0. The lowest BCUT2D eigenvalue weighted by atomic mass is 10.1. The molecule has 31 heavy (non-hydrogen) atoms. The van der Waals surface area contributed by atoms with Gasteiger partial charge in [0.15, 0.2) is 0 Å². The van der Waals surface area contributed by atoms with Gasteiger partial charge < -0.3 is 14.6 Å². The minimum atomic E-state index is 0.292. The molecule has 0 spiro atoms. The molecule has 160 valence electrons. The second-order valence-corrected chi connectivity index (χ2v) is 6.83. The smallest absolute Gasteiger partial charge is 0.115 e. The van der Waals surface area contributed by atoms with E-state index in [0.29, 0.717) is 25.1 Å². The van der Waals surface area contributed by atoms with Gasteiger partial charge in [0.2, 0.25) is 0 Å². The van der Waals surface area contributed by atoms with Crippen LogP contribution in [0.4, 0.5) is 0 Å². The first-order chi connectivity index (χ1) is 15.1. The van der Waals surface area contributed by atoms with Gasteiger partial charge in [-0.2, -0.15) is 0 Å². The van der Waals surface area contributed by atoms with E-state index >= 15 is 0 Å². The largest absolute Gasteiger partial charge is 0.508 e. The molecule has 1 saturated heterocycles. The molecule has 4 rings (SSSR count). The Morgan fingerprint density at radius 2 is 1.26 bits per heavy atom. The van der Waals surface area contributed by atoms with Crippen molar-refractivity contribution in [2.75, 3.05) is 13.2 Å². The molecule has 1 N–H and O–H groups in total. The minimum Gasteiger partial charge on any atom is -0.508 e. The maximum Gasteiger partial charge on any atom is 0.115 e. The topological polar surface area (TPSA) is 42.0 Å². The van der Waals surface area contributed by atoms with Gasteiger partial charge in [-0.3, -0.25) is 0 Å². The van der Waals surface area contributed by atoms with Crippen LogP contribution in [0.3, 0.4) is 0 Å². The summed E-state index contributed by atoms with van der Waals surface area (Å²) in [5.41, 5.74) is 4.52. The predicted molar refractivity (Wildman–Crippen MR) is 131 cm³/mol. The van der Waals surface area contributed by atoms with Gasteiger partial charge in [0.1, 0.15) is 11.9 Å². The van der Waals surface area contributed by atoms with Crippen molar-refractivity contribution < 1.29 is 14.6 Å². The van der Waals surface area contributed by atoms with E-state index in [-0.39, 0.29) is 0 Å². The predicted octanol–water partition coefficient (Wildman–Crippen LogP) is 6.61. The van der Waals surface area contributed by atoms with Crippen LogP contribution in [0.15, 0.2) is 98.6 Å². The Labute approximate surface area is 185 Å². The summed E-state index contributed by atoms with van der Waals surface area (Å²) in [5, 5.41) is 8.82. The average molecular weight is 415 g/mol. The van der Waals surface area contributed by atoms with Crippen molar-refractivity contribution in [3.05, 3.63) is 121 Å². The fraction of sp³-hybridized carbons (Fsp3) is 0.143. The monoisotopic (exact) mass is 414 g/mol. The van der Waals surface area contributed by atoms with Crippen LogP contribution in [-0.4, -0.2) is 24.4 Å². The standard InChI is InChI=1S/C12H14O2.C8H8O.C8H8/c1-2-10-3-5-11(6-4-10)7-13-8-12-9-14-12;1-2-7-3-5-8(9)6-4-7;1-2-8-6-4-3-5-7-8/h2-6,12H,1,7-9H2;2-6,9H,1H2;2-7H,1H2. The Kier molecular flexibility index (Phi) is 10.6. The molecule has 3 aromatic rings. The molecular formula is C28H30O3. The van der Waals surface area contributed by atoms with Gasteiger partial charge in [-0.25, -0.2) is 0 Å². The van der Waals surface area contributed by atoms with Crippen LogP contribution in [0.5, 0.6) is 5.75 Å². The van der Waals surface area contributed by atoms with Crippen molar-refractivity contribution in [1.29, 1.82) is 0 Å². The molecule has 0 amide bonds. The molecule has 1 atom stereocenters. The number of epoxide rings is 1. The summed E-state index contributed by atoms with van der Waals surface area (Å²) >= 11 is 0. The van der Waals surface area contributed by atoms with Gasteiger partial charge in [0.25, 0.3) is 0 Å². The first-order valence-corrected chi connectivity index (χ1v) is 10.1. The second-order valence-electron chi connectivity index (χ2n) is 6.83. The molecule has 3 aromatic carbocycles. The van der Waals surface area contributed by atoms with E-state index in [1.165, 1.54) is 11.1 Å². The van der Waals surface area contributed by atoms with E-state index in [1.807, 2.05) is 66.7 Å². The van der Waals surface area contributed by atoms with Gasteiger partial charge >= 0.3 is 0 Å². The molecule has 3 heteroatoms. The number of rotatable bonds is 7. The van der Waals surface area contributed by atoms with Gasteiger partial charge in [0.05, 0.1) is 19.8 Å². The third-order valence-electron chi connectivity index (χ3n) is 4.35. The Bertz CT molecular complexity index is 909. The summed E-state index contributed by atoms with van der Waals surface area (Å²) < 4.78 is 10.5. The van der Waals surface area contributed by atoms with Gasteiger partial charge in [-0.15, -0.1) is 0 Å². The van der Waals surface area contributed by atoms with Gasteiger partial charge in [-0.05, 0) is 34.4 Å². The van der Waals surface area contributed by atoms with Crippen LogP contribution in [0.1, 0.15) is 22.3 Å². The maximum absolute atomic E-state index is 8.82. The zero-order valence-electron chi connectivity index (χ0n) is 17.8. The normalized spacial score (nSPS) is 13.5. The lowest BCUT2D eigenvalue weighted by Crippen LogP contribution is -2.01. The number of aromatic hydroxyl groups is 1. The first-order valence-electron chi connectivity index (χ1n) is 10.1. The minimum absolute atomic E-state index is 0.292. The molecule has 1 unspecified atom stereocenters. The number of hydrogen-bond acceptors (Lipinski definition) is 3. The number of phenols is 1. The third-order valence-corrected chi connectivity index (χ3v) is 4.35. The highest BCUT2D eigenvalue weighted by molar-refractivity contribution is 5.48. The molecule has 0 saturated carbocycles. The van der Waals surface area contributed by atoms with Crippen LogP contribution >= 0.6 is 0 Å². The third kappa shape index (κ3) is 10.3. The number of ether oxygens (including phenoxy) is 2. The SMILES string of the molecule is C=Cc1ccc(COCC2CO2)cc1.C=Cc1ccc(O)cc1.C=Cc1ccccc1. The highest BCUT2D eigenvalue weighted by atomic mass is 16.6. The van der Waals surface area contributed by atoms with Gasteiger partial charge in [0, 0.05) is 0 Å². The zero-order valence-corrected chi connectivity index (χ0v) is 17.8. The van der Waals surface area contributed by atoms with E-state index in [9.17, 15) is 0 Å². The maximum atomic E-state index is 8.82. The summed E-state index contributed by atoms with van der Waals surface area (Å²) in [5.74, 6) is 0.292. The molecule has 3 nitrogen and oxygen atoms in total. The second kappa shape index (κ2) is 13.8. The van der Waals surface area contributed by atoms with Crippen LogP contribution in [-0.2, 0) is 16.1 Å². The Morgan fingerprint density at radius 3 is 1.71 bits per heavy atom. The van der Waals surface area contributed by atoms with Crippen LogP contribution in [0.2, 0.25) is 0 Å². The molecule has 0 aliphatic carbocycles. The van der Waals surface area contributed by atoms with Gasteiger partial charge in [-0.1, -0.05) is 105 Å². The summed E-state index contributed by atoms with van der Waals surface area (Å²) in [6.45, 7) is 13.1. The quantitative estimate of drug-likeness (QED) is 0.442. The van der Waals surface area contributed by atoms with Crippen molar-refractivity contribution >= 4 is 18.2 Å². The van der Waals surface area contributed by atoms with Crippen LogP contribution in [0.25, 0.3) is 18.2 Å². The summed E-state index contributed by atoms with van der Waals surface area (Å²) in [6, 6.07) is 25.1. The molecule has 1 aliphatic heterocycles. The van der Waals surface area contributed by atoms with E-state index in [1.54, 1.807) is 18.2 Å². The Hall–Kier alpha value is -3.40. The average Bonchev–Trinajstić information content (AvgIpc) is 3.66. The fourth-order valence-electron chi connectivity index (χ4n) is 2.42. The highest BCUT2D eigenvalue weighted by Crippen LogP contribution is 2.11. The summed E-state index contributed by atoms with van der Waals surface area (Å²) in [6.07, 6.45) is 5.75. The molecular weight excluding hydrogens is 384 g/mol. The number of benzene rings is 3. The van der Waals surface area contributed by atoms with Crippen LogP contribution in [0, 0.1) is 0 Å². The van der Waals surface area contributed by atoms with E-state index < -0.39 is 0 Å². The van der Waals surface area contributed by atoms with E-state index in [4.69, 9.17) is 14.6 Å². The summed E-state index contributed by atoms with van der Waals surface area (Å²) in [7, 11) is 0. The lowest BCUT2D eigenvalue weighted by Gasteiger charge is -2.02. The molecule has 0 bridgehead atoms. The van der Waals surface area contributed by atoms with Crippen molar-refractivity contribution in [3.63, 3.8) is 0 Å². The van der Waals surface area contributed by atoms with Crippen molar-refractivity contribution in [1.82, 2.24) is 0 Å². The fourth-order valence-corrected chi connectivity index (χ4v) is 2.42. The lowest BCUT2D eigenvalue weighted by molar-refractivity contribution is 0.104. The number of hydrogen-bond donors (Lipinski definition) is 1. The molecule has 1 aliphatic rings. The van der Waals surface area contributed by atoms with Crippen molar-refractivity contribution in [3.8, 4) is 5.75 Å². The van der Waals surface area contributed by atoms with Crippen molar-refractivity contribution in [2.24, 2.45) is 0 Å². The number of phenolic OH excluding ortho intramolecular Hbond substituents is 1. The molecule has 1 heterocycles. The highest BCUT2D eigenvalue weighted by Gasteiger charge is 2.22. The Balaban J connectivity index is 0.000000175. The molecule has 0 aromatic heterocycles.